The first-order valence-electron chi connectivity index (χ1n) is 5.56. The number of hydrogen-bond acceptors (Lipinski definition) is 2. The molecule has 0 saturated carbocycles. The van der Waals surface area contributed by atoms with Crippen molar-refractivity contribution in [2.75, 3.05) is 26.2 Å². The summed E-state index contributed by atoms with van der Waals surface area (Å²) in [6.07, 6.45) is 0. The van der Waals surface area contributed by atoms with Crippen molar-refractivity contribution in [3.8, 4) is 0 Å². The fraction of sp³-hybridized carbons (Fsp3) is 0.615. The molecule has 0 heterocycles. The molecule has 7 nitrogen and oxygen atoms in total. The minimum Gasteiger partial charge on any atom is 0 e. The van der Waals surface area contributed by atoms with Gasteiger partial charge in [0.25, 0.3) is 0 Å². The van der Waals surface area contributed by atoms with Crippen LogP contribution in [0.25, 0.3) is 0 Å². The van der Waals surface area contributed by atoms with E-state index in [1.807, 2.05) is 0 Å². The summed E-state index contributed by atoms with van der Waals surface area (Å²) in [5, 5.41) is 0. The molecular formula is C13H21N2O5PW. The van der Waals surface area contributed by atoms with Crippen molar-refractivity contribution in [2.24, 2.45) is 0 Å². The first-order chi connectivity index (χ1) is 10.3. The van der Waals surface area contributed by atoms with Crippen molar-refractivity contribution in [1.29, 1.82) is 0 Å². The number of rotatable bonds is 6. The van der Waals surface area contributed by atoms with E-state index in [1.54, 1.807) is 0 Å². The van der Waals surface area contributed by atoms with E-state index in [0.717, 1.165) is 8.88 Å². The SMILES string of the molecule is CCN(CC)PN(CC)CC.[C-]#[O+].[C-]#[O+].[C-]#[O+].[C-]#[O+].[C-]#[O+].[W]. The molecule has 0 N–H and O–H groups in total. The third-order valence-corrected chi connectivity index (χ3v) is 3.64. The maximum atomic E-state index is 7.50. The molecule has 0 bridgehead atoms. The van der Waals surface area contributed by atoms with Gasteiger partial charge in [-0.1, -0.05) is 27.7 Å². The molecule has 0 aromatic heterocycles. The van der Waals surface area contributed by atoms with Gasteiger partial charge in [-0.15, -0.1) is 0 Å². The van der Waals surface area contributed by atoms with Crippen LogP contribution >= 0.6 is 8.88 Å². The monoisotopic (exact) mass is 500 g/mol. The fourth-order valence-electron chi connectivity index (χ4n) is 0.930. The maximum absolute atomic E-state index is 7.50. The summed E-state index contributed by atoms with van der Waals surface area (Å²) in [6.45, 7) is 36.1. The second-order valence-corrected chi connectivity index (χ2v) is 3.91. The molecule has 9 heteroatoms. The average Bonchev–Trinajstić information content (AvgIpc) is 2.65. The first kappa shape index (κ1) is 43.0. The zero-order valence-electron chi connectivity index (χ0n) is 13.2. The van der Waals surface area contributed by atoms with Gasteiger partial charge in [0.15, 0.2) is 0 Å². The predicted molar refractivity (Wildman–Crippen MR) is 73.8 cm³/mol. The van der Waals surface area contributed by atoms with Crippen molar-refractivity contribution in [1.82, 2.24) is 9.34 Å². The molecule has 0 aliphatic heterocycles. The molecular weight excluding hydrogens is 479 g/mol. The summed E-state index contributed by atoms with van der Waals surface area (Å²) in [6, 6.07) is 0. The van der Waals surface area contributed by atoms with E-state index in [0.29, 0.717) is 0 Å². The van der Waals surface area contributed by atoms with Crippen LogP contribution in [0.15, 0.2) is 0 Å². The topological polar surface area (TPSA) is 106 Å². The quantitative estimate of drug-likeness (QED) is 0.316. The van der Waals surface area contributed by atoms with Crippen LogP contribution in [-0.2, 0) is 44.3 Å². The van der Waals surface area contributed by atoms with E-state index in [-0.39, 0.29) is 21.1 Å². The minimum absolute atomic E-state index is 0. The second-order valence-electron chi connectivity index (χ2n) is 2.44. The Bertz CT molecular complexity index is 204. The molecule has 0 aromatic carbocycles. The van der Waals surface area contributed by atoms with Crippen LogP contribution < -0.4 is 0 Å². The van der Waals surface area contributed by atoms with Crippen LogP contribution in [0.1, 0.15) is 27.7 Å². The van der Waals surface area contributed by atoms with E-state index in [1.165, 1.54) is 26.2 Å². The van der Waals surface area contributed by atoms with Gasteiger partial charge in [0.2, 0.25) is 0 Å². The van der Waals surface area contributed by atoms with Crippen LogP contribution in [0.5, 0.6) is 0 Å². The van der Waals surface area contributed by atoms with Crippen LogP contribution in [0, 0.1) is 33.3 Å². The van der Waals surface area contributed by atoms with Gasteiger partial charge in [0.1, 0.15) is 0 Å². The van der Waals surface area contributed by atoms with Crippen LogP contribution in [0.2, 0.25) is 0 Å². The van der Waals surface area contributed by atoms with Gasteiger partial charge in [-0.3, -0.25) is 9.34 Å². The van der Waals surface area contributed by atoms with Gasteiger partial charge >= 0.3 is 56.5 Å². The first-order valence-corrected chi connectivity index (χ1v) is 6.46. The molecule has 0 rings (SSSR count). The summed E-state index contributed by atoms with van der Waals surface area (Å²) in [5.41, 5.74) is 0. The van der Waals surface area contributed by atoms with Crippen molar-refractivity contribution in [3.63, 3.8) is 0 Å². The van der Waals surface area contributed by atoms with Crippen LogP contribution in [-0.4, -0.2) is 35.5 Å². The smallest absolute Gasteiger partial charge is 0 e. The fourth-order valence-corrected chi connectivity index (χ4v) is 1.90. The Labute approximate surface area is 149 Å². The molecule has 0 atom stereocenters. The van der Waals surface area contributed by atoms with Crippen molar-refractivity contribution in [2.45, 2.75) is 27.7 Å². The van der Waals surface area contributed by atoms with Gasteiger partial charge in [-0.05, 0) is 0 Å². The van der Waals surface area contributed by atoms with Gasteiger partial charge in [-0.2, -0.15) is 0 Å². The van der Waals surface area contributed by atoms with Gasteiger partial charge < -0.3 is 0 Å². The molecule has 22 heavy (non-hydrogen) atoms. The largest absolute Gasteiger partial charge is 0 e. The maximum Gasteiger partial charge on any atom is 0 e. The Morgan fingerprint density at radius 3 is 0.773 bits per heavy atom. The van der Waals surface area contributed by atoms with Crippen LogP contribution in [0.4, 0.5) is 0 Å². The molecule has 0 spiro atoms. The third kappa shape index (κ3) is 50.3. The Hall–Kier alpha value is -0.262. The molecule has 0 radical (unpaired) electrons. The Morgan fingerprint density at radius 1 is 0.545 bits per heavy atom. The van der Waals surface area contributed by atoms with Gasteiger partial charge in [0, 0.05) is 56.1 Å². The molecule has 0 amide bonds. The van der Waals surface area contributed by atoms with Crippen molar-refractivity contribution < 1.29 is 44.3 Å². The van der Waals surface area contributed by atoms with E-state index in [4.69, 9.17) is 23.3 Å². The van der Waals surface area contributed by atoms with Crippen molar-refractivity contribution in [3.05, 3.63) is 33.3 Å². The second kappa shape index (κ2) is 70.1. The Morgan fingerprint density at radius 2 is 0.682 bits per heavy atom. The molecule has 124 valence electrons. The average molecular weight is 500 g/mol. The minimum atomic E-state index is 0. The zero-order valence-corrected chi connectivity index (χ0v) is 17.1. The van der Waals surface area contributed by atoms with E-state index in [9.17, 15) is 0 Å². The number of nitrogens with zero attached hydrogens (tertiary/aromatic N) is 2. The Kier molecular flexibility index (Phi) is 137. The molecule has 0 aromatic rings. The summed E-state index contributed by atoms with van der Waals surface area (Å²) in [5.74, 6) is 0. The van der Waals surface area contributed by atoms with Gasteiger partial charge in [0.05, 0.1) is 0 Å². The molecule has 0 saturated heterocycles. The van der Waals surface area contributed by atoms with Crippen LogP contribution in [0.3, 0.4) is 0 Å². The third-order valence-electron chi connectivity index (χ3n) is 1.81. The summed E-state index contributed by atoms with van der Waals surface area (Å²) in [7, 11) is 0.881. The normalized spacial score (nSPS) is 6.18. The summed E-state index contributed by atoms with van der Waals surface area (Å²) >= 11 is 0. The van der Waals surface area contributed by atoms with Gasteiger partial charge in [-0.25, -0.2) is 0 Å². The molecule has 0 fully saturated rings. The molecule has 0 unspecified atom stereocenters. The molecule has 0 aliphatic rings. The zero-order chi connectivity index (χ0) is 18.7. The van der Waals surface area contributed by atoms with E-state index in [2.05, 4.69) is 70.3 Å². The number of hydrogen-bond donors (Lipinski definition) is 0. The van der Waals surface area contributed by atoms with Crippen molar-refractivity contribution >= 4 is 8.88 Å². The molecule has 0 aliphatic carbocycles. The predicted octanol–water partition coefficient (Wildman–Crippen LogP) is 1.99. The van der Waals surface area contributed by atoms with E-state index < -0.39 is 0 Å². The Balaban J connectivity index is -0.0000000348. The van der Waals surface area contributed by atoms with E-state index >= 15 is 0 Å². The summed E-state index contributed by atoms with van der Waals surface area (Å²) < 4.78 is 42.4. The summed E-state index contributed by atoms with van der Waals surface area (Å²) in [4.78, 5) is 0. The standard InChI is InChI=1S/C8H21N2P.5CO.W/c1-5-9(6-2)11-10(7-3)8-4;5*1-2;/h11H,5-8H2,1-4H3;;;;;;.